The molecule has 0 saturated heterocycles. The zero-order chi connectivity index (χ0) is 9.80. The Morgan fingerprint density at radius 2 is 1.00 bits per heavy atom. The summed E-state index contributed by atoms with van der Waals surface area (Å²) in [5.74, 6) is 0. The third-order valence-electron chi connectivity index (χ3n) is 2.12. The van der Waals surface area contributed by atoms with Crippen molar-refractivity contribution in [3.05, 3.63) is 60.7 Å². The first kappa shape index (κ1) is 9.91. The molecule has 0 radical (unpaired) electrons. The second kappa shape index (κ2) is 4.74. The van der Waals surface area contributed by atoms with Crippen molar-refractivity contribution in [1.82, 2.24) is 0 Å². The van der Waals surface area contributed by atoms with Crippen LogP contribution in [-0.2, 0) is 19.2 Å². The third kappa shape index (κ3) is 2.24. The van der Waals surface area contributed by atoms with E-state index in [0.29, 0.717) is 0 Å². The molecular weight excluding hydrogens is 220 g/mol. The molecular formula is C12H10SiTi. The Morgan fingerprint density at radius 3 is 1.36 bits per heavy atom. The molecule has 0 spiro atoms. The van der Waals surface area contributed by atoms with Crippen LogP contribution in [0.4, 0.5) is 0 Å². The predicted octanol–water partition coefficient (Wildman–Crippen LogP) is 1.34. The Hall–Kier alpha value is -0.629. The molecule has 2 heteroatoms. The second-order valence-corrected chi connectivity index (χ2v) is 7.35. The van der Waals surface area contributed by atoms with Crippen LogP contribution in [-0.4, -0.2) is 6.19 Å². The van der Waals surface area contributed by atoms with Gasteiger partial charge in [-0.25, -0.2) is 0 Å². The van der Waals surface area contributed by atoms with Gasteiger partial charge in [0.1, 0.15) is 0 Å². The van der Waals surface area contributed by atoms with Gasteiger partial charge in [-0.2, -0.15) is 0 Å². The zero-order valence-electron chi connectivity index (χ0n) is 7.77. The fourth-order valence-corrected chi connectivity index (χ4v) is 4.32. The van der Waals surface area contributed by atoms with Crippen LogP contribution in [0.3, 0.4) is 0 Å². The molecule has 0 N–H and O–H groups in total. The number of hydrogen-bond donors (Lipinski definition) is 0. The average molecular weight is 230 g/mol. The molecule has 0 aliphatic heterocycles. The summed E-state index contributed by atoms with van der Waals surface area (Å²) < 4.78 is 0. The van der Waals surface area contributed by atoms with Crippen LogP contribution < -0.4 is 10.4 Å². The van der Waals surface area contributed by atoms with Crippen molar-refractivity contribution in [1.29, 1.82) is 0 Å². The summed E-state index contributed by atoms with van der Waals surface area (Å²) in [5.41, 5.74) is 0. The summed E-state index contributed by atoms with van der Waals surface area (Å²) in [5, 5.41) is 2.95. The quantitative estimate of drug-likeness (QED) is 0.683. The molecule has 0 aromatic heterocycles. The van der Waals surface area contributed by atoms with E-state index in [1.54, 1.807) is 0 Å². The molecule has 0 aliphatic rings. The average Bonchev–Trinajstić information content (AvgIpc) is 2.30. The molecule has 0 nitrogen and oxygen atoms in total. The number of hydrogen-bond acceptors (Lipinski definition) is 0. The standard InChI is InChI=1S/C12H10Si.Ti/c1-3-7-11(8-4-1)13-12-9-5-2-6-10-12;/h1-10H;. The summed E-state index contributed by atoms with van der Waals surface area (Å²) in [7, 11) is 0. The second-order valence-electron chi connectivity index (χ2n) is 3.11. The Bertz CT molecular complexity index is 381. The van der Waals surface area contributed by atoms with Crippen LogP contribution in [0, 0.1) is 0 Å². The Morgan fingerprint density at radius 1 is 0.643 bits per heavy atom. The molecule has 2 aromatic carbocycles. The fourth-order valence-electron chi connectivity index (χ4n) is 1.38. The maximum absolute atomic E-state index is 2.34. The first-order valence-corrected chi connectivity index (χ1v) is 8.41. The van der Waals surface area contributed by atoms with Gasteiger partial charge in [0.05, 0.1) is 0 Å². The Kier molecular flexibility index (Phi) is 3.35. The van der Waals surface area contributed by atoms with Crippen molar-refractivity contribution in [3.8, 4) is 0 Å². The van der Waals surface area contributed by atoms with E-state index in [9.17, 15) is 0 Å². The van der Waals surface area contributed by atoms with Crippen LogP contribution in [0.25, 0.3) is 0 Å². The zero-order valence-corrected chi connectivity index (χ0v) is 10.3. The van der Waals surface area contributed by atoms with E-state index in [-0.39, 0.29) is 0 Å². The van der Waals surface area contributed by atoms with Crippen molar-refractivity contribution in [2.75, 3.05) is 0 Å². The van der Waals surface area contributed by atoms with E-state index in [4.69, 9.17) is 0 Å². The Balaban J connectivity index is 2.35. The van der Waals surface area contributed by atoms with E-state index in [2.05, 4.69) is 79.8 Å². The first-order valence-electron chi connectivity index (χ1n) is 4.57. The first-order chi connectivity index (χ1) is 6.88. The van der Waals surface area contributed by atoms with Gasteiger partial charge in [0.2, 0.25) is 0 Å². The van der Waals surface area contributed by atoms with Crippen molar-refractivity contribution in [2.24, 2.45) is 0 Å². The molecule has 0 fully saturated rings. The van der Waals surface area contributed by atoms with E-state index in [1.807, 2.05) is 0 Å². The van der Waals surface area contributed by atoms with Gasteiger partial charge in [-0.15, -0.1) is 0 Å². The van der Waals surface area contributed by atoms with Crippen LogP contribution >= 0.6 is 0 Å². The van der Waals surface area contributed by atoms with Crippen molar-refractivity contribution in [3.63, 3.8) is 0 Å². The molecule has 14 heavy (non-hydrogen) atoms. The van der Waals surface area contributed by atoms with Gasteiger partial charge < -0.3 is 0 Å². The summed E-state index contributed by atoms with van der Waals surface area (Å²) in [6, 6.07) is 21.5. The van der Waals surface area contributed by atoms with Crippen LogP contribution in [0.2, 0.25) is 0 Å². The summed E-state index contributed by atoms with van der Waals surface area (Å²) in [6.45, 7) is 0. The molecule has 66 valence electrons. The van der Waals surface area contributed by atoms with Crippen LogP contribution in [0.5, 0.6) is 0 Å². The summed E-state index contributed by atoms with van der Waals surface area (Å²) in [4.78, 5) is 0. The van der Waals surface area contributed by atoms with Crippen molar-refractivity contribution < 1.29 is 19.2 Å². The predicted molar refractivity (Wildman–Crippen MR) is 57.9 cm³/mol. The molecule has 2 aromatic rings. The summed E-state index contributed by atoms with van der Waals surface area (Å²) in [6.07, 6.45) is -0.545. The number of rotatable bonds is 2. The summed E-state index contributed by atoms with van der Waals surface area (Å²) >= 11 is 2.34. The third-order valence-corrected chi connectivity index (χ3v) is 6.65. The van der Waals surface area contributed by atoms with E-state index >= 15 is 0 Å². The minimum absolute atomic E-state index is 0.545. The maximum atomic E-state index is 2.34. The normalized spacial score (nSPS) is 9.64. The van der Waals surface area contributed by atoms with Crippen LogP contribution in [0.1, 0.15) is 0 Å². The molecule has 0 atom stereocenters. The molecule has 2 rings (SSSR count). The van der Waals surface area contributed by atoms with Gasteiger partial charge >= 0.3 is 96.4 Å². The molecule has 0 amide bonds. The molecule has 0 aliphatic carbocycles. The van der Waals surface area contributed by atoms with Crippen LogP contribution in [0.15, 0.2) is 60.7 Å². The van der Waals surface area contributed by atoms with E-state index in [1.165, 1.54) is 10.4 Å². The van der Waals surface area contributed by atoms with Gasteiger partial charge in [-0.05, 0) is 0 Å². The van der Waals surface area contributed by atoms with Crippen molar-refractivity contribution >= 4 is 16.6 Å². The molecule has 0 bridgehead atoms. The Labute approximate surface area is 96.2 Å². The molecule has 0 unspecified atom stereocenters. The van der Waals surface area contributed by atoms with Crippen molar-refractivity contribution in [2.45, 2.75) is 0 Å². The fraction of sp³-hybridized carbons (Fsp3) is 0. The van der Waals surface area contributed by atoms with E-state index in [0.717, 1.165) is 0 Å². The van der Waals surface area contributed by atoms with Gasteiger partial charge in [-0.3, -0.25) is 0 Å². The number of benzene rings is 2. The minimum atomic E-state index is -0.545. The molecule has 0 heterocycles. The topological polar surface area (TPSA) is 0 Å². The van der Waals surface area contributed by atoms with Gasteiger partial charge in [0, 0.05) is 0 Å². The van der Waals surface area contributed by atoms with Gasteiger partial charge in [-0.1, -0.05) is 0 Å². The van der Waals surface area contributed by atoms with Gasteiger partial charge in [0.25, 0.3) is 0 Å². The monoisotopic (exact) mass is 230 g/mol. The van der Waals surface area contributed by atoms with Gasteiger partial charge in [0.15, 0.2) is 0 Å². The SMILES string of the molecule is [Ti]=[Si](c1ccccc1)c1ccccc1. The van der Waals surface area contributed by atoms with E-state index < -0.39 is 6.19 Å². The molecule has 0 saturated carbocycles.